The van der Waals surface area contributed by atoms with Gasteiger partial charge in [0, 0.05) is 25.2 Å². The van der Waals surface area contributed by atoms with Crippen molar-refractivity contribution in [2.45, 2.75) is 83.6 Å². The predicted molar refractivity (Wildman–Crippen MR) is 176 cm³/mol. The van der Waals surface area contributed by atoms with Gasteiger partial charge in [0.05, 0.1) is 19.7 Å². The Bertz CT molecular complexity index is 1220. The lowest BCUT2D eigenvalue weighted by Crippen LogP contribution is -2.46. The number of carboxylic acid groups (broad SMARTS) is 2. The number of nitrogens with two attached hydrogens (primary N) is 2. The van der Waals surface area contributed by atoms with Crippen molar-refractivity contribution in [3.8, 4) is 5.75 Å². The molecular weight excluding hydrogens is 680 g/mol. The molecule has 19 heteroatoms. The van der Waals surface area contributed by atoms with Gasteiger partial charge in [-0.25, -0.2) is 24.4 Å². The first-order chi connectivity index (χ1) is 23.5. The van der Waals surface area contributed by atoms with Crippen LogP contribution in [0, 0.1) is 0 Å². The number of urea groups is 1. The molecule has 0 saturated carbocycles. The molecule has 0 radical (unpaired) electrons. The van der Waals surface area contributed by atoms with E-state index in [0.717, 1.165) is 75.8 Å². The minimum absolute atomic E-state index is 0.137. The van der Waals surface area contributed by atoms with E-state index in [4.69, 9.17) is 36.0 Å². The van der Waals surface area contributed by atoms with Crippen LogP contribution in [0.5, 0.6) is 5.75 Å². The summed E-state index contributed by atoms with van der Waals surface area (Å²) in [5, 5.41) is 20.2. The number of amides is 2. The molecule has 0 aliphatic carbocycles. The molecule has 8 N–H and O–H groups in total. The van der Waals surface area contributed by atoms with Gasteiger partial charge >= 0.3 is 30.3 Å². The van der Waals surface area contributed by atoms with E-state index in [1.807, 2.05) is 48.2 Å². The number of para-hydroxylation sites is 1. The van der Waals surface area contributed by atoms with Gasteiger partial charge in [-0.15, -0.1) is 0 Å². The third-order valence-corrected chi connectivity index (χ3v) is 6.49. The number of allylic oxidation sites excluding steroid dienone is 1. The fraction of sp³-hybridized carbons (Fsp3) is 0.581. The van der Waals surface area contributed by atoms with Crippen LogP contribution in [0.25, 0.3) is 0 Å². The number of alkyl halides is 6. The number of carboxylic acids is 2. The van der Waals surface area contributed by atoms with E-state index in [2.05, 4.69) is 20.6 Å². The highest BCUT2D eigenvalue weighted by atomic mass is 19.4. The van der Waals surface area contributed by atoms with E-state index in [9.17, 15) is 31.1 Å². The summed E-state index contributed by atoms with van der Waals surface area (Å²) in [6.45, 7) is 5.89. The van der Waals surface area contributed by atoms with Crippen molar-refractivity contribution in [2.75, 3.05) is 32.8 Å². The highest BCUT2D eigenvalue weighted by Crippen LogP contribution is 2.20. The Labute approximate surface area is 286 Å². The number of nitrogens with zero attached hydrogens (tertiary/aromatic N) is 3. The van der Waals surface area contributed by atoms with E-state index in [-0.39, 0.29) is 12.0 Å². The Morgan fingerprint density at radius 2 is 1.58 bits per heavy atom. The van der Waals surface area contributed by atoms with Crippen molar-refractivity contribution in [2.24, 2.45) is 21.5 Å². The summed E-state index contributed by atoms with van der Waals surface area (Å²) in [7, 11) is 0. The summed E-state index contributed by atoms with van der Waals surface area (Å²) < 4.78 is 69.4. The molecule has 0 bridgehead atoms. The molecule has 50 heavy (non-hydrogen) atoms. The van der Waals surface area contributed by atoms with Crippen LogP contribution < -0.4 is 26.8 Å². The molecule has 2 amide bonds. The zero-order chi connectivity index (χ0) is 38.0. The minimum atomic E-state index is -5.08. The average molecular weight is 728 g/mol. The third-order valence-electron chi connectivity index (χ3n) is 6.49. The molecule has 2 rings (SSSR count). The zero-order valence-electron chi connectivity index (χ0n) is 27.9. The first kappa shape index (κ1) is 45.3. The number of carbonyl (C=O) groups excluding carboxylic acids is 1. The van der Waals surface area contributed by atoms with Crippen molar-refractivity contribution in [3.63, 3.8) is 0 Å². The van der Waals surface area contributed by atoms with Gasteiger partial charge in [-0.3, -0.25) is 5.32 Å². The largest absolute Gasteiger partial charge is 0.493 e. The van der Waals surface area contributed by atoms with Crippen LogP contribution >= 0.6 is 0 Å². The van der Waals surface area contributed by atoms with Crippen molar-refractivity contribution in [1.29, 1.82) is 0 Å². The van der Waals surface area contributed by atoms with Crippen LogP contribution in [0.1, 0.15) is 70.3 Å². The van der Waals surface area contributed by atoms with Crippen LogP contribution in [0.4, 0.5) is 31.1 Å². The second kappa shape index (κ2) is 25.3. The maximum absolute atomic E-state index is 12.8. The number of carbonyl (C=O) groups is 3. The number of halogens is 6. The monoisotopic (exact) mass is 727 g/mol. The maximum Gasteiger partial charge on any atom is 0.490 e. The first-order valence-electron chi connectivity index (χ1n) is 15.8. The zero-order valence-corrected chi connectivity index (χ0v) is 27.9. The summed E-state index contributed by atoms with van der Waals surface area (Å²) in [4.78, 5) is 41.0. The molecule has 1 aromatic carbocycles. The number of benzene rings is 1. The van der Waals surface area contributed by atoms with E-state index >= 15 is 0 Å². The van der Waals surface area contributed by atoms with Gasteiger partial charge in [-0.05, 0) is 45.1 Å². The molecule has 0 fully saturated rings. The van der Waals surface area contributed by atoms with Crippen molar-refractivity contribution in [3.05, 3.63) is 42.0 Å². The van der Waals surface area contributed by atoms with Gasteiger partial charge in [0.25, 0.3) is 0 Å². The molecule has 0 atom stereocenters. The molecule has 1 heterocycles. The molecule has 0 spiro atoms. The highest BCUT2D eigenvalue weighted by Gasteiger charge is 2.38. The molecule has 0 aromatic heterocycles. The molecule has 284 valence electrons. The number of ether oxygens (including phenoxy) is 1. The van der Waals surface area contributed by atoms with Gasteiger partial charge in [0.2, 0.25) is 0 Å². The Morgan fingerprint density at radius 3 is 2.18 bits per heavy atom. The Hall–Kier alpha value is -4.71. The summed E-state index contributed by atoms with van der Waals surface area (Å²) in [5.41, 5.74) is 12.8. The number of hydrogen-bond acceptors (Lipinski definition) is 7. The third kappa shape index (κ3) is 23.6. The molecule has 1 aliphatic heterocycles. The van der Waals surface area contributed by atoms with E-state index in [1.165, 1.54) is 6.42 Å². The second-order valence-electron chi connectivity index (χ2n) is 10.6. The molecule has 1 aliphatic rings. The van der Waals surface area contributed by atoms with Crippen LogP contribution in [0.3, 0.4) is 0 Å². The molecule has 13 nitrogen and oxygen atoms in total. The lowest BCUT2D eigenvalue weighted by molar-refractivity contribution is -0.193. The topological polar surface area (TPSA) is 205 Å². The Kier molecular flexibility index (Phi) is 22.9. The van der Waals surface area contributed by atoms with Crippen molar-refractivity contribution < 1.29 is 55.7 Å². The number of unbranched alkanes of at least 4 members (excludes halogenated alkanes) is 5. The molecular formula is C31H47F6N7O6. The molecule has 0 saturated heterocycles. The molecule has 1 aromatic rings. The van der Waals surface area contributed by atoms with Gasteiger partial charge in [0.1, 0.15) is 5.75 Å². The minimum Gasteiger partial charge on any atom is -0.493 e. The number of aliphatic carboxylic acids is 2. The first-order valence-corrected chi connectivity index (χ1v) is 15.8. The Morgan fingerprint density at radius 1 is 1.00 bits per heavy atom. The predicted octanol–water partition coefficient (Wildman–Crippen LogP) is 5.16. The standard InChI is InChI=1S/C27H45N7O2.2C2HF3O2/c1-2-3-17-30-25(28)31-18-11-6-4-5-7-12-19-34-20-13-8-14-21-36-24-16-10-9-15-23(24)22-32-26(29)33-27(34)35;2*3-2(4,5)1(6)7/h2-3,9-10,15-16H,4-8,11-14,17-22H2,1H3,(H3,28,30,31)(H3,29,32,33,35);2*(H,6,7)/b3-2+;;. The summed E-state index contributed by atoms with van der Waals surface area (Å²) >= 11 is 0. The number of aliphatic imine (C=N–C) groups is 2. The van der Waals surface area contributed by atoms with Crippen molar-refractivity contribution >= 4 is 29.9 Å². The van der Waals surface area contributed by atoms with E-state index in [0.29, 0.717) is 32.2 Å². The Balaban J connectivity index is 0.00000143. The van der Waals surface area contributed by atoms with Gasteiger partial charge in [-0.1, -0.05) is 56.0 Å². The number of fused-ring (bicyclic) bond motifs is 1. The van der Waals surface area contributed by atoms with Crippen LogP contribution in [0.2, 0.25) is 0 Å². The lowest BCUT2D eigenvalue weighted by Gasteiger charge is -2.23. The number of hydrogen-bond donors (Lipinski definition) is 6. The van der Waals surface area contributed by atoms with Crippen LogP contribution in [0.15, 0.2) is 46.4 Å². The SMILES string of the molecule is C/C=C/CN=C(N)NCCCCCCCCN1CCCCCOc2ccccc2CN=C(N)NC1=O.O=C(O)C(F)(F)F.O=C(O)C(F)(F)F. The summed E-state index contributed by atoms with van der Waals surface area (Å²) in [6.07, 6.45) is 3.28. The van der Waals surface area contributed by atoms with E-state index < -0.39 is 24.3 Å². The van der Waals surface area contributed by atoms with E-state index in [1.54, 1.807) is 0 Å². The second-order valence-corrected chi connectivity index (χ2v) is 10.6. The fourth-order valence-corrected chi connectivity index (χ4v) is 3.92. The van der Waals surface area contributed by atoms with Crippen LogP contribution in [-0.4, -0.2) is 90.1 Å². The normalized spacial score (nSPS) is 14.7. The van der Waals surface area contributed by atoms with Crippen molar-refractivity contribution in [1.82, 2.24) is 15.5 Å². The maximum atomic E-state index is 12.8. The summed E-state index contributed by atoms with van der Waals surface area (Å²) in [5.74, 6) is -4.04. The van der Waals surface area contributed by atoms with Gasteiger partial charge in [-0.2, -0.15) is 26.3 Å². The van der Waals surface area contributed by atoms with Gasteiger partial charge < -0.3 is 36.6 Å². The fourth-order valence-electron chi connectivity index (χ4n) is 3.92. The molecule has 0 unspecified atom stereocenters. The highest BCUT2D eigenvalue weighted by molar-refractivity contribution is 5.95. The lowest BCUT2D eigenvalue weighted by atomic mass is 10.1. The van der Waals surface area contributed by atoms with Gasteiger partial charge in [0.15, 0.2) is 11.9 Å². The number of rotatable bonds is 11. The smallest absolute Gasteiger partial charge is 0.490 e. The van der Waals surface area contributed by atoms with Crippen LogP contribution in [-0.2, 0) is 16.1 Å². The summed E-state index contributed by atoms with van der Waals surface area (Å²) in [6, 6.07) is 7.65. The number of guanidine groups is 2. The average Bonchev–Trinajstić information content (AvgIpc) is 3.03. The quantitative estimate of drug-likeness (QED) is 0.0585. The number of nitrogens with one attached hydrogen (secondary N) is 2.